The van der Waals surface area contributed by atoms with Crippen molar-refractivity contribution in [1.82, 2.24) is 5.32 Å². The number of hydrogen-bond donors (Lipinski definition) is 1. The molecule has 0 aromatic carbocycles. The normalized spacial score (nSPS) is 21.1. The smallest absolute Gasteiger partial charge is 0.251 e. The highest BCUT2D eigenvalue weighted by atomic mass is 16.5. The van der Waals surface area contributed by atoms with Crippen LogP contribution in [0.25, 0.3) is 0 Å². The molecular formula is C21H35NO3. The third kappa shape index (κ3) is 9.59. The molecule has 2 unspecified atom stereocenters. The number of ether oxygens (including phenoxy) is 1. The maximum absolute atomic E-state index is 12.0. The molecule has 0 aromatic heterocycles. The minimum Gasteiger partial charge on any atom is -0.342 e. The lowest BCUT2D eigenvalue weighted by molar-refractivity contribution is -0.123. The molecule has 0 aliphatic carbocycles. The molecular weight excluding hydrogens is 314 g/mol. The first-order valence-corrected chi connectivity index (χ1v) is 9.92. The molecule has 0 saturated carbocycles. The van der Waals surface area contributed by atoms with Crippen LogP contribution in [0, 0.1) is 0 Å². The highest BCUT2D eigenvalue weighted by Gasteiger charge is 2.30. The molecule has 142 valence electrons. The summed E-state index contributed by atoms with van der Waals surface area (Å²) in [4.78, 5) is 23.8. The third-order valence-corrected chi connectivity index (χ3v) is 4.46. The van der Waals surface area contributed by atoms with Gasteiger partial charge in [-0.3, -0.25) is 9.59 Å². The topological polar surface area (TPSA) is 55.4 Å². The van der Waals surface area contributed by atoms with Crippen LogP contribution in [-0.2, 0) is 14.3 Å². The monoisotopic (exact) mass is 349 g/mol. The van der Waals surface area contributed by atoms with Gasteiger partial charge in [0, 0.05) is 0 Å². The lowest BCUT2D eigenvalue weighted by Gasteiger charge is -2.07. The molecule has 1 heterocycles. The first-order chi connectivity index (χ1) is 12.1. The van der Waals surface area contributed by atoms with Crippen LogP contribution in [0.2, 0.25) is 0 Å². The number of allylic oxidation sites excluding steroid dienone is 3. The zero-order valence-electron chi connectivity index (χ0n) is 16.2. The van der Waals surface area contributed by atoms with Gasteiger partial charge in [-0.25, -0.2) is 0 Å². The lowest BCUT2D eigenvalue weighted by atomic mass is 10.1. The zero-order chi connectivity index (χ0) is 18.5. The Hall–Kier alpha value is -1.42. The van der Waals surface area contributed by atoms with Crippen molar-refractivity contribution in [2.75, 3.05) is 0 Å². The quantitative estimate of drug-likeness (QED) is 0.382. The van der Waals surface area contributed by atoms with Gasteiger partial charge in [0.25, 0.3) is 5.91 Å². The second-order valence-electron chi connectivity index (χ2n) is 6.97. The van der Waals surface area contributed by atoms with Gasteiger partial charge < -0.3 is 10.1 Å². The number of carbonyl (C=O) groups excluding carboxylic acids is 2. The predicted octanol–water partition coefficient (Wildman–Crippen LogP) is 4.84. The van der Waals surface area contributed by atoms with Crippen molar-refractivity contribution in [2.24, 2.45) is 0 Å². The Morgan fingerprint density at radius 3 is 2.48 bits per heavy atom. The molecule has 4 heteroatoms. The number of ketones is 1. The Kier molecular flexibility index (Phi) is 11.1. The average molecular weight is 350 g/mol. The van der Waals surface area contributed by atoms with Gasteiger partial charge in [-0.1, -0.05) is 64.4 Å². The Labute approximate surface area is 153 Å². The van der Waals surface area contributed by atoms with E-state index >= 15 is 0 Å². The Balaban J connectivity index is 2.31. The molecule has 0 spiro atoms. The number of hydrogen-bond acceptors (Lipinski definition) is 3. The van der Waals surface area contributed by atoms with Gasteiger partial charge in [0.2, 0.25) is 0 Å². The molecule has 25 heavy (non-hydrogen) atoms. The minimum atomic E-state index is -0.481. The van der Waals surface area contributed by atoms with Crippen molar-refractivity contribution >= 4 is 11.7 Å². The van der Waals surface area contributed by atoms with Crippen LogP contribution >= 0.6 is 0 Å². The van der Waals surface area contributed by atoms with Crippen LogP contribution in [0.5, 0.6) is 0 Å². The molecule has 1 N–H and O–H groups in total. The molecule has 1 aliphatic rings. The summed E-state index contributed by atoms with van der Waals surface area (Å²) in [6.45, 7) is 6.34. The first-order valence-electron chi connectivity index (χ1n) is 9.92. The SMILES string of the molecule is CCCCCCC/C(C)=C/C(=O)C=CC1NC(=O)C(CCCCC)O1. The Morgan fingerprint density at radius 2 is 1.76 bits per heavy atom. The van der Waals surface area contributed by atoms with Crippen LogP contribution in [0.4, 0.5) is 0 Å². The summed E-state index contributed by atoms with van der Waals surface area (Å²) in [5, 5.41) is 2.77. The fourth-order valence-corrected chi connectivity index (χ4v) is 2.93. The summed E-state index contributed by atoms with van der Waals surface area (Å²) in [6, 6.07) is 0. The summed E-state index contributed by atoms with van der Waals surface area (Å²) in [6.07, 6.45) is 15.1. The van der Waals surface area contributed by atoms with E-state index < -0.39 is 6.23 Å². The van der Waals surface area contributed by atoms with Crippen molar-refractivity contribution in [3.05, 3.63) is 23.8 Å². The molecule has 1 aliphatic heterocycles. The number of amides is 1. The van der Waals surface area contributed by atoms with Crippen molar-refractivity contribution in [3.63, 3.8) is 0 Å². The van der Waals surface area contributed by atoms with Gasteiger partial charge in [0.1, 0.15) is 6.10 Å². The molecule has 1 amide bonds. The molecule has 2 atom stereocenters. The highest BCUT2D eigenvalue weighted by molar-refractivity contribution is 5.99. The number of carbonyl (C=O) groups is 2. The van der Waals surface area contributed by atoms with Crippen molar-refractivity contribution in [1.29, 1.82) is 0 Å². The number of unbranched alkanes of at least 4 members (excludes halogenated alkanes) is 6. The number of rotatable bonds is 13. The lowest BCUT2D eigenvalue weighted by Crippen LogP contribution is -2.26. The summed E-state index contributed by atoms with van der Waals surface area (Å²) < 4.78 is 5.66. The number of nitrogens with one attached hydrogen (secondary N) is 1. The molecule has 1 saturated heterocycles. The third-order valence-electron chi connectivity index (χ3n) is 4.46. The predicted molar refractivity (Wildman–Crippen MR) is 102 cm³/mol. The van der Waals surface area contributed by atoms with Gasteiger partial charge in [-0.2, -0.15) is 0 Å². The van der Waals surface area contributed by atoms with E-state index in [0.29, 0.717) is 0 Å². The zero-order valence-corrected chi connectivity index (χ0v) is 16.2. The van der Waals surface area contributed by atoms with Crippen LogP contribution in [0.3, 0.4) is 0 Å². The summed E-state index contributed by atoms with van der Waals surface area (Å²) in [7, 11) is 0. The second-order valence-corrected chi connectivity index (χ2v) is 6.97. The molecule has 0 aromatic rings. The molecule has 1 fully saturated rings. The van der Waals surface area contributed by atoms with E-state index in [2.05, 4.69) is 19.2 Å². The highest BCUT2D eigenvalue weighted by Crippen LogP contribution is 2.15. The Morgan fingerprint density at radius 1 is 1.08 bits per heavy atom. The van der Waals surface area contributed by atoms with Crippen LogP contribution in [-0.4, -0.2) is 24.0 Å². The van der Waals surface area contributed by atoms with Gasteiger partial charge in [-0.15, -0.1) is 0 Å². The summed E-state index contributed by atoms with van der Waals surface area (Å²) in [5.74, 6) is -0.115. The maximum Gasteiger partial charge on any atom is 0.251 e. The van der Waals surface area contributed by atoms with Gasteiger partial charge in [0.15, 0.2) is 12.0 Å². The maximum atomic E-state index is 12.0. The molecule has 4 nitrogen and oxygen atoms in total. The second kappa shape index (κ2) is 12.9. The van der Waals surface area contributed by atoms with Gasteiger partial charge >= 0.3 is 0 Å². The van der Waals surface area contributed by atoms with Crippen molar-refractivity contribution < 1.29 is 14.3 Å². The van der Waals surface area contributed by atoms with Crippen LogP contribution in [0.15, 0.2) is 23.8 Å². The fraction of sp³-hybridized carbons (Fsp3) is 0.714. The standard InChI is InChI=1S/C21H35NO3/c1-4-6-8-9-11-12-17(3)16-18(23)14-15-20-22-21(24)19(25-20)13-10-7-5-2/h14-16,19-20H,4-13H2,1-3H3,(H,22,24)/b15-14?,17-16+. The van der Waals surface area contributed by atoms with Gasteiger partial charge in [-0.05, 0) is 44.4 Å². The molecule has 0 bridgehead atoms. The van der Waals surface area contributed by atoms with E-state index in [1.165, 1.54) is 31.8 Å². The van der Waals surface area contributed by atoms with Crippen LogP contribution < -0.4 is 5.32 Å². The van der Waals surface area contributed by atoms with Crippen molar-refractivity contribution in [2.45, 2.75) is 97.3 Å². The molecule has 1 rings (SSSR count). The summed E-state index contributed by atoms with van der Waals surface area (Å²) >= 11 is 0. The van der Waals surface area contributed by atoms with E-state index in [0.717, 1.165) is 44.1 Å². The largest absolute Gasteiger partial charge is 0.342 e. The fourth-order valence-electron chi connectivity index (χ4n) is 2.93. The average Bonchev–Trinajstić information content (AvgIpc) is 2.93. The van der Waals surface area contributed by atoms with E-state index in [1.54, 1.807) is 12.2 Å². The Bertz CT molecular complexity index is 468. The van der Waals surface area contributed by atoms with E-state index in [-0.39, 0.29) is 17.8 Å². The van der Waals surface area contributed by atoms with Crippen LogP contribution in [0.1, 0.15) is 85.0 Å². The van der Waals surface area contributed by atoms with E-state index in [1.807, 2.05) is 6.92 Å². The minimum absolute atomic E-state index is 0.0432. The first kappa shape index (κ1) is 21.6. The van der Waals surface area contributed by atoms with E-state index in [9.17, 15) is 9.59 Å². The summed E-state index contributed by atoms with van der Waals surface area (Å²) in [5.41, 5.74) is 1.11. The van der Waals surface area contributed by atoms with E-state index in [4.69, 9.17) is 4.74 Å². The van der Waals surface area contributed by atoms with Gasteiger partial charge in [0.05, 0.1) is 0 Å². The molecule has 0 radical (unpaired) electrons. The van der Waals surface area contributed by atoms with Crippen molar-refractivity contribution in [3.8, 4) is 0 Å².